The van der Waals surface area contributed by atoms with E-state index in [2.05, 4.69) is 5.32 Å². The van der Waals surface area contributed by atoms with E-state index in [0.29, 0.717) is 17.9 Å². The minimum atomic E-state index is -3.70. The standard InChI is InChI=1S/C28H34N2O6S/c1-18(2)36-26-17-22(12-13-25(26)28(33)30-37(4,34)35)21-10-8-20(9-11-21)14-15-29-19(3)27(32)23-6-5-7-24(31)16-23/h5-13,16-19,27,29,31-32H,14-15H2,1-4H3,(H,30,33)/t19-,27-/m0/s1. The van der Waals surface area contributed by atoms with E-state index in [1.54, 1.807) is 42.5 Å². The molecule has 0 saturated heterocycles. The van der Waals surface area contributed by atoms with Gasteiger partial charge < -0.3 is 20.3 Å². The van der Waals surface area contributed by atoms with Crippen LogP contribution in [0.25, 0.3) is 11.1 Å². The van der Waals surface area contributed by atoms with Gasteiger partial charge in [0, 0.05) is 6.04 Å². The molecule has 2 atom stereocenters. The summed E-state index contributed by atoms with van der Waals surface area (Å²) in [5, 5.41) is 23.5. The molecule has 0 aliphatic rings. The minimum Gasteiger partial charge on any atom is -0.508 e. The van der Waals surface area contributed by atoms with Gasteiger partial charge in [-0.25, -0.2) is 13.1 Å². The fourth-order valence-electron chi connectivity index (χ4n) is 3.88. The van der Waals surface area contributed by atoms with E-state index in [9.17, 15) is 23.4 Å². The van der Waals surface area contributed by atoms with Crippen LogP contribution >= 0.6 is 0 Å². The van der Waals surface area contributed by atoms with Crippen molar-refractivity contribution in [1.82, 2.24) is 10.0 Å². The lowest BCUT2D eigenvalue weighted by Gasteiger charge is -2.21. The van der Waals surface area contributed by atoms with Gasteiger partial charge in [0.25, 0.3) is 5.91 Å². The second-order valence-electron chi connectivity index (χ2n) is 9.31. The van der Waals surface area contributed by atoms with Crippen LogP contribution in [-0.2, 0) is 16.4 Å². The van der Waals surface area contributed by atoms with E-state index >= 15 is 0 Å². The molecule has 0 spiro atoms. The van der Waals surface area contributed by atoms with Crippen molar-refractivity contribution >= 4 is 15.9 Å². The lowest BCUT2D eigenvalue weighted by atomic mass is 10.0. The zero-order chi connectivity index (χ0) is 27.2. The highest BCUT2D eigenvalue weighted by Crippen LogP contribution is 2.29. The van der Waals surface area contributed by atoms with Gasteiger partial charge in [0.05, 0.1) is 24.0 Å². The number of phenolic OH excluding ortho intramolecular Hbond substituents is 1. The molecule has 0 aliphatic heterocycles. The Morgan fingerprint density at radius 1 is 0.973 bits per heavy atom. The predicted octanol–water partition coefficient (Wildman–Crippen LogP) is 3.79. The molecule has 3 rings (SSSR count). The number of aliphatic hydroxyl groups excluding tert-OH is 1. The average Bonchev–Trinajstić information content (AvgIpc) is 2.82. The van der Waals surface area contributed by atoms with Crippen LogP contribution < -0.4 is 14.8 Å². The molecule has 0 bridgehead atoms. The number of aromatic hydroxyl groups is 1. The third-order valence-electron chi connectivity index (χ3n) is 5.72. The van der Waals surface area contributed by atoms with Gasteiger partial charge in [-0.05, 0) is 80.3 Å². The monoisotopic (exact) mass is 526 g/mol. The highest BCUT2D eigenvalue weighted by Gasteiger charge is 2.19. The molecule has 9 heteroatoms. The molecule has 1 amide bonds. The number of rotatable bonds is 11. The third kappa shape index (κ3) is 8.31. The Morgan fingerprint density at radius 3 is 2.27 bits per heavy atom. The molecule has 8 nitrogen and oxygen atoms in total. The molecule has 4 N–H and O–H groups in total. The van der Waals surface area contributed by atoms with E-state index in [4.69, 9.17) is 4.74 Å². The summed E-state index contributed by atoms with van der Waals surface area (Å²) in [4.78, 5) is 12.4. The molecule has 0 aromatic heterocycles. The summed E-state index contributed by atoms with van der Waals surface area (Å²) in [6.45, 7) is 6.22. The van der Waals surface area contributed by atoms with Gasteiger partial charge in [0.2, 0.25) is 10.0 Å². The van der Waals surface area contributed by atoms with Crippen LogP contribution in [0.3, 0.4) is 0 Å². The quantitative estimate of drug-likeness (QED) is 0.300. The zero-order valence-corrected chi connectivity index (χ0v) is 22.2. The van der Waals surface area contributed by atoms with Crippen molar-refractivity contribution in [3.8, 4) is 22.6 Å². The number of carbonyl (C=O) groups excluding carboxylic acids is 1. The van der Waals surface area contributed by atoms with E-state index in [1.807, 2.05) is 49.8 Å². The van der Waals surface area contributed by atoms with Gasteiger partial charge in [0.1, 0.15) is 11.5 Å². The zero-order valence-electron chi connectivity index (χ0n) is 21.4. The summed E-state index contributed by atoms with van der Waals surface area (Å²) < 4.78 is 30.8. The number of hydrogen-bond acceptors (Lipinski definition) is 7. The first kappa shape index (κ1) is 28.2. The Kier molecular flexibility index (Phi) is 9.31. The van der Waals surface area contributed by atoms with Crippen molar-refractivity contribution in [1.29, 1.82) is 0 Å². The Hall–Kier alpha value is -3.40. The molecule has 3 aromatic rings. The molecule has 0 fully saturated rings. The number of ether oxygens (including phenoxy) is 1. The molecular formula is C28H34N2O6S. The lowest BCUT2D eigenvalue weighted by Crippen LogP contribution is -2.33. The summed E-state index contributed by atoms with van der Waals surface area (Å²) in [6.07, 6.45) is 0.739. The fraction of sp³-hybridized carbons (Fsp3) is 0.321. The van der Waals surface area contributed by atoms with Gasteiger partial charge >= 0.3 is 0 Å². The topological polar surface area (TPSA) is 125 Å². The van der Waals surface area contributed by atoms with Gasteiger partial charge in [-0.3, -0.25) is 4.79 Å². The predicted molar refractivity (Wildman–Crippen MR) is 144 cm³/mol. The van der Waals surface area contributed by atoms with E-state index in [-0.39, 0.29) is 23.5 Å². The summed E-state index contributed by atoms with van der Waals surface area (Å²) in [5.74, 6) is -0.310. The first-order chi connectivity index (χ1) is 17.4. The normalized spacial score (nSPS) is 13.2. The van der Waals surface area contributed by atoms with Crippen LogP contribution in [0.5, 0.6) is 11.5 Å². The summed E-state index contributed by atoms with van der Waals surface area (Å²) in [5.41, 5.74) is 3.67. The number of hydrogen-bond donors (Lipinski definition) is 4. The Bertz CT molecular complexity index is 1320. The minimum absolute atomic E-state index is 0.124. The summed E-state index contributed by atoms with van der Waals surface area (Å²) in [7, 11) is -3.70. The van der Waals surface area contributed by atoms with E-state index in [0.717, 1.165) is 29.4 Å². The van der Waals surface area contributed by atoms with Crippen molar-refractivity contribution in [2.24, 2.45) is 0 Å². The lowest BCUT2D eigenvalue weighted by molar-refractivity contribution is 0.0976. The number of amides is 1. The van der Waals surface area contributed by atoms with Crippen molar-refractivity contribution in [2.75, 3.05) is 12.8 Å². The van der Waals surface area contributed by atoms with Crippen molar-refractivity contribution in [2.45, 2.75) is 45.4 Å². The maximum absolute atomic E-state index is 12.4. The van der Waals surface area contributed by atoms with Crippen molar-refractivity contribution < 1.29 is 28.2 Å². The van der Waals surface area contributed by atoms with Gasteiger partial charge in [-0.2, -0.15) is 0 Å². The number of aliphatic hydroxyl groups is 1. The SMILES string of the molecule is CC(C)Oc1cc(-c2ccc(CCN[C@@H](C)[C@H](O)c3cccc(O)c3)cc2)ccc1C(=O)NS(C)(=O)=O. The van der Waals surface area contributed by atoms with Crippen LogP contribution in [-0.4, -0.2) is 49.5 Å². The smallest absolute Gasteiger partial charge is 0.268 e. The molecule has 37 heavy (non-hydrogen) atoms. The number of phenols is 1. The molecule has 0 aliphatic carbocycles. The van der Waals surface area contributed by atoms with Gasteiger partial charge in [-0.15, -0.1) is 0 Å². The molecule has 3 aromatic carbocycles. The molecule has 0 radical (unpaired) electrons. The molecule has 0 unspecified atom stereocenters. The van der Waals surface area contributed by atoms with Gasteiger partial charge in [-0.1, -0.05) is 42.5 Å². The van der Waals surface area contributed by atoms with Crippen LogP contribution in [0.1, 0.15) is 48.4 Å². The van der Waals surface area contributed by atoms with Crippen LogP contribution in [0.4, 0.5) is 0 Å². The molecule has 0 saturated carbocycles. The summed E-state index contributed by atoms with van der Waals surface area (Å²) >= 11 is 0. The first-order valence-electron chi connectivity index (χ1n) is 12.1. The third-order valence-corrected chi connectivity index (χ3v) is 6.28. The van der Waals surface area contributed by atoms with Crippen molar-refractivity contribution in [3.63, 3.8) is 0 Å². The fourth-order valence-corrected chi connectivity index (χ4v) is 4.33. The number of nitrogens with one attached hydrogen (secondary N) is 2. The Labute approximate surface area is 218 Å². The van der Waals surface area contributed by atoms with Crippen LogP contribution in [0.2, 0.25) is 0 Å². The van der Waals surface area contributed by atoms with Crippen LogP contribution in [0.15, 0.2) is 66.7 Å². The van der Waals surface area contributed by atoms with Crippen molar-refractivity contribution in [3.05, 3.63) is 83.4 Å². The maximum atomic E-state index is 12.4. The van der Waals surface area contributed by atoms with Gasteiger partial charge in [0.15, 0.2) is 0 Å². The maximum Gasteiger partial charge on any atom is 0.268 e. The Balaban J connectivity index is 1.66. The molecule has 198 valence electrons. The second-order valence-corrected chi connectivity index (χ2v) is 11.1. The first-order valence-corrected chi connectivity index (χ1v) is 13.9. The molecular weight excluding hydrogens is 492 g/mol. The summed E-state index contributed by atoms with van der Waals surface area (Å²) in [6, 6.07) is 19.5. The largest absolute Gasteiger partial charge is 0.508 e. The van der Waals surface area contributed by atoms with E-state index in [1.165, 1.54) is 0 Å². The average molecular weight is 527 g/mol. The number of benzene rings is 3. The Morgan fingerprint density at radius 2 is 1.65 bits per heavy atom. The van der Waals surface area contributed by atoms with E-state index < -0.39 is 22.0 Å². The number of sulfonamides is 1. The second kappa shape index (κ2) is 12.2. The molecule has 0 heterocycles. The van der Waals surface area contributed by atoms with Crippen LogP contribution in [0, 0.1) is 0 Å². The number of carbonyl (C=O) groups is 1. The highest BCUT2D eigenvalue weighted by molar-refractivity contribution is 7.89. The highest BCUT2D eigenvalue weighted by atomic mass is 32.2.